The lowest BCUT2D eigenvalue weighted by molar-refractivity contribution is 0.487. The molecule has 2 heteroatoms. The van der Waals surface area contributed by atoms with Crippen LogP contribution >= 0.6 is 0 Å². The predicted molar refractivity (Wildman–Crippen MR) is 50.6 cm³/mol. The summed E-state index contributed by atoms with van der Waals surface area (Å²) in [5.74, 6) is 0.816. The Morgan fingerprint density at radius 3 is 2.36 bits per heavy atom. The molecule has 0 heterocycles. The Bertz CT molecular complexity index is 81.6. The maximum absolute atomic E-state index is 5.81. The van der Waals surface area contributed by atoms with Gasteiger partial charge in [0.15, 0.2) is 0 Å². The van der Waals surface area contributed by atoms with Crippen molar-refractivity contribution in [3.63, 3.8) is 0 Å². The zero-order valence-electron chi connectivity index (χ0n) is 8.06. The highest BCUT2D eigenvalue weighted by molar-refractivity contribution is 4.63. The van der Waals surface area contributed by atoms with Crippen molar-refractivity contribution in [2.75, 3.05) is 13.6 Å². The smallest absolute Gasteiger partial charge is 0.0165 e. The van der Waals surface area contributed by atoms with Crippen LogP contribution in [0, 0.1) is 5.92 Å². The van der Waals surface area contributed by atoms with Crippen LogP contribution in [-0.4, -0.2) is 19.6 Å². The van der Waals surface area contributed by atoms with Gasteiger partial charge in [-0.2, -0.15) is 0 Å². The minimum atomic E-state index is 0.346. The molecule has 0 rings (SSSR count). The molecule has 0 saturated carbocycles. The molecule has 0 bridgehead atoms. The fraction of sp³-hybridized carbons (Fsp3) is 1.00. The molecular formula is C9H22N2. The van der Waals surface area contributed by atoms with Gasteiger partial charge in [-0.25, -0.2) is 0 Å². The number of nitrogens with two attached hydrogens (primary N) is 1. The standard InChI is InChI=1S/C9H22N2/c1-8(2)5-4-6-9(10)7-11-3/h8-9,11H,4-7,10H2,1-3H3. The molecule has 0 saturated heterocycles. The van der Waals surface area contributed by atoms with Crippen molar-refractivity contribution < 1.29 is 0 Å². The number of hydrogen-bond donors (Lipinski definition) is 2. The average Bonchev–Trinajstić information content (AvgIpc) is 1.87. The maximum atomic E-state index is 5.81. The molecule has 0 aromatic rings. The van der Waals surface area contributed by atoms with Crippen molar-refractivity contribution in [2.45, 2.75) is 39.2 Å². The predicted octanol–water partition coefficient (Wildman–Crippen LogP) is 1.36. The van der Waals surface area contributed by atoms with Crippen LogP contribution < -0.4 is 11.1 Å². The zero-order valence-corrected chi connectivity index (χ0v) is 8.06. The summed E-state index contributed by atoms with van der Waals surface area (Å²) in [5, 5.41) is 3.08. The molecule has 0 spiro atoms. The third kappa shape index (κ3) is 7.82. The van der Waals surface area contributed by atoms with Gasteiger partial charge in [0, 0.05) is 12.6 Å². The second-order valence-electron chi connectivity index (χ2n) is 3.64. The van der Waals surface area contributed by atoms with Crippen LogP contribution in [0.3, 0.4) is 0 Å². The van der Waals surface area contributed by atoms with E-state index in [1.54, 1.807) is 0 Å². The fourth-order valence-corrected chi connectivity index (χ4v) is 1.15. The number of likely N-dealkylation sites (N-methyl/N-ethyl adjacent to an activating group) is 1. The van der Waals surface area contributed by atoms with Gasteiger partial charge in [-0.3, -0.25) is 0 Å². The van der Waals surface area contributed by atoms with Crippen molar-refractivity contribution in [3.8, 4) is 0 Å². The van der Waals surface area contributed by atoms with Crippen LogP contribution in [0.1, 0.15) is 33.1 Å². The Morgan fingerprint density at radius 1 is 1.27 bits per heavy atom. The number of nitrogens with one attached hydrogen (secondary N) is 1. The molecule has 0 fully saturated rings. The first kappa shape index (κ1) is 10.9. The molecule has 1 atom stereocenters. The Kier molecular flexibility index (Phi) is 6.57. The zero-order chi connectivity index (χ0) is 8.69. The summed E-state index contributed by atoms with van der Waals surface area (Å²) < 4.78 is 0. The summed E-state index contributed by atoms with van der Waals surface area (Å²) in [7, 11) is 1.95. The van der Waals surface area contributed by atoms with Gasteiger partial charge in [0.05, 0.1) is 0 Å². The molecule has 0 radical (unpaired) electrons. The molecule has 0 aromatic heterocycles. The third-order valence-corrected chi connectivity index (χ3v) is 1.82. The Hall–Kier alpha value is -0.0800. The summed E-state index contributed by atoms with van der Waals surface area (Å²) in [6, 6.07) is 0.346. The van der Waals surface area contributed by atoms with Crippen molar-refractivity contribution in [2.24, 2.45) is 11.7 Å². The summed E-state index contributed by atoms with van der Waals surface area (Å²) >= 11 is 0. The van der Waals surface area contributed by atoms with E-state index in [1.165, 1.54) is 12.8 Å². The van der Waals surface area contributed by atoms with Gasteiger partial charge < -0.3 is 11.1 Å². The molecule has 68 valence electrons. The highest BCUT2D eigenvalue weighted by atomic mass is 14.9. The second-order valence-corrected chi connectivity index (χ2v) is 3.64. The van der Waals surface area contributed by atoms with E-state index in [0.717, 1.165) is 18.9 Å². The Morgan fingerprint density at radius 2 is 1.91 bits per heavy atom. The van der Waals surface area contributed by atoms with Gasteiger partial charge in [-0.15, -0.1) is 0 Å². The van der Waals surface area contributed by atoms with Crippen LogP contribution in [0.2, 0.25) is 0 Å². The largest absolute Gasteiger partial charge is 0.327 e. The molecule has 11 heavy (non-hydrogen) atoms. The summed E-state index contributed by atoms with van der Waals surface area (Å²) in [5.41, 5.74) is 5.81. The van der Waals surface area contributed by atoms with E-state index in [-0.39, 0.29) is 0 Å². The average molecular weight is 158 g/mol. The Balaban J connectivity index is 3.10. The first-order valence-corrected chi connectivity index (χ1v) is 4.57. The summed E-state index contributed by atoms with van der Waals surface area (Å²) in [4.78, 5) is 0. The number of hydrogen-bond acceptors (Lipinski definition) is 2. The maximum Gasteiger partial charge on any atom is 0.0165 e. The van der Waals surface area contributed by atoms with E-state index >= 15 is 0 Å². The van der Waals surface area contributed by atoms with Gasteiger partial charge in [0.25, 0.3) is 0 Å². The van der Waals surface area contributed by atoms with E-state index in [2.05, 4.69) is 19.2 Å². The quantitative estimate of drug-likeness (QED) is 0.612. The normalized spacial score (nSPS) is 13.9. The van der Waals surface area contributed by atoms with Gasteiger partial charge in [0.2, 0.25) is 0 Å². The summed E-state index contributed by atoms with van der Waals surface area (Å²) in [6.07, 6.45) is 3.72. The lowest BCUT2D eigenvalue weighted by atomic mass is 10.0. The molecule has 0 aliphatic carbocycles. The van der Waals surface area contributed by atoms with Gasteiger partial charge in [-0.05, 0) is 19.4 Å². The van der Waals surface area contributed by atoms with Crippen molar-refractivity contribution in [3.05, 3.63) is 0 Å². The molecule has 1 unspecified atom stereocenters. The van der Waals surface area contributed by atoms with Gasteiger partial charge >= 0.3 is 0 Å². The molecule has 3 N–H and O–H groups in total. The highest BCUT2D eigenvalue weighted by Gasteiger charge is 2.00. The topological polar surface area (TPSA) is 38.0 Å². The van der Waals surface area contributed by atoms with Crippen LogP contribution in [0.15, 0.2) is 0 Å². The molecule has 2 nitrogen and oxygen atoms in total. The molecule has 0 aliphatic rings. The molecule has 0 amide bonds. The van der Waals surface area contributed by atoms with Crippen LogP contribution in [0.5, 0.6) is 0 Å². The first-order valence-electron chi connectivity index (χ1n) is 4.57. The second kappa shape index (κ2) is 6.62. The first-order chi connectivity index (χ1) is 5.16. The lowest BCUT2D eigenvalue weighted by Gasteiger charge is -2.11. The minimum absolute atomic E-state index is 0.346. The molecular weight excluding hydrogens is 136 g/mol. The number of rotatable bonds is 6. The van der Waals surface area contributed by atoms with E-state index < -0.39 is 0 Å². The van der Waals surface area contributed by atoms with Crippen LogP contribution in [-0.2, 0) is 0 Å². The van der Waals surface area contributed by atoms with Crippen molar-refractivity contribution in [1.29, 1.82) is 0 Å². The SMILES string of the molecule is CNCC(N)CCCC(C)C. The van der Waals surface area contributed by atoms with E-state index in [1.807, 2.05) is 7.05 Å². The van der Waals surface area contributed by atoms with Gasteiger partial charge in [0.1, 0.15) is 0 Å². The third-order valence-electron chi connectivity index (χ3n) is 1.82. The van der Waals surface area contributed by atoms with Crippen LogP contribution in [0.25, 0.3) is 0 Å². The molecule has 0 aromatic carbocycles. The molecule has 0 aliphatic heterocycles. The monoisotopic (exact) mass is 158 g/mol. The fourth-order valence-electron chi connectivity index (χ4n) is 1.15. The van der Waals surface area contributed by atoms with Gasteiger partial charge in [-0.1, -0.05) is 26.7 Å². The van der Waals surface area contributed by atoms with Crippen molar-refractivity contribution in [1.82, 2.24) is 5.32 Å². The van der Waals surface area contributed by atoms with E-state index in [4.69, 9.17) is 5.73 Å². The van der Waals surface area contributed by atoms with E-state index in [0.29, 0.717) is 6.04 Å². The van der Waals surface area contributed by atoms with Crippen molar-refractivity contribution >= 4 is 0 Å². The highest BCUT2D eigenvalue weighted by Crippen LogP contribution is 2.06. The van der Waals surface area contributed by atoms with E-state index in [9.17, 15) is 0 Å². The van der Waals surface area contributed by atoms with Crippen LogP contribution in [0.4, 0.5) is 0 Å². The minimum Gasteiger partial charge on any atom is -0.327 e. The lowest BCUT2D eigenvalue weighted by Crippen LogP contribution is -2.31. The Labute approximate surface area is 70.5 Å². The summed E-state index contributed by atoms with van der Waals surface area (Å²) in [6.45, 7) is 5.45.